The van der Waals surface area contributed by atoms with Gasteiger partial charge in [-0.25, -0.2) is 0 Å². The van der Waals surface area contributed by atoms with Crippen LogP contribution in [0, 0.1) is 11.8 Å². The molecule has 1 N–H and O–H groups in total. The lowest BCUT2D eigenvalue weighted by Gasteiger charge is -2.46. The molecule has 21 heavy (non-hydrogen) atoms. The van der Waals surface area contributed by atoms with Gasteiger partial charge in [-0.3, -0.25) is 0 Å². The van der Waals surface area contributed by atoms with E-state index in [0.29, 0.717) is 0 Å². The highest BCUT2D eigenvalue weighted by Crippen LogP contribution is 2.43. The molecule has 3 fully saturated rings. The summed E-state index contributed by atoms with van der Waals surface area (Å²) >= 11 is 2.12. The van der Waals surface area contributed by atoms with Gasteiger partial charge in [0, 0.05) is 12.6 Å². The van der Waals surface area contributed by atoms with Gasteiger partial charge in [0.15, 0.2) is 0 Å². The third-order valence-corrected chi connectivity index (χ3v) is 6.97. The van der Waals surface area contributed by atoms with Crippen molar-refractivity contribution in [2.75, 3.05) is 24.7 Å². The van der Waals surface area contributed by atoms with Crippen molar-refractivity contribution in [3.8, 4) is 0 Å². The van der Waals surface area contributed by atoms with Crippen LogP contribution < -0.4 is 5.32 Å². The Morgan fingerprint density at radius 3 is 2.62 bits per heavy atom. The van der Waals surface area contributed by atoms with Gasteiger partial charge in [-0.1, -0.05) is 19.8 Å². The first-order valence-corrected chi connectivity index (χ1v) is 10.4. The lowest BCUT2D eigenvalue weighted by molar-refractivity contribution is -0.110. The van der Waals surface area contributed by atoms with Crippen LogP contribution in [0.15, 0.2) is 0 Å². The molecule has 2 nitrogen and oxygen atoms in total. The van der Waals surface area contributed by atoms with Gasteiger partial charge in [-0.2, -0.15) is 11.8 Å². The van der Waals surface area contributed by atoms with Gasteiger partial charge in [0.1, 0.15) is 0 Å². The van der Waals surface area contributed by atoms with Crippen molar-refractivity contribution in [2.45, 2.75) is 76.4 Å². The molecule has 1 spiro atoms. The first-order chi connectivity index (χ1) is 10.3. The van der Waals surface area contributed by atoms with Crippen LogP contribution in [0.25, 0.3) is 0 Å². The SMILES string of the molecule is CCCNC(C1CCCC1)C1CCOC2(CCSCC2)C1. The van der Waals surface area contributed by atoms with Crippen molar-refractivity contribution >= 4 is 11.8 Å². The first-order valence-electron chi connectivity index (χ1n) is 9.28. The molecule has 0 radical (unpaired) electrons. The average Bonchev–Trinajstić information content (AvgIpc) is 3.03. The molecule has 2 atom stereocenters. The molecule has 0 bridgehead atoms. The number of rotatable bonds is 5. The van der Waals surface area contributed by atoms with E-state index in [1.807, 2.05) is 0 Å². The van der Waals surface area contributed by atoms with Crippen LogP contribution in [0.4, 0.5) is 0 Å². The van der Waals surface area contributed by atoms with Crippen LogP contribution in [0.2, 0.25) is 0 Å². The number of ether oxygens (including phenoxy) is 1. The summed E-state index contributed by atoms with van der Waals surface area (Å²) in [5.41, 5.74) is 0.249. The molecule has 1 saturated carbocycles. The smallest absolute Gasteiger partial charge is 0.0701 e. The highest BCUT2D eigenvalue weighted by atomic mass is 32.2. The van der Waals surface area contributed by atoms with E-state index < -0.39 is 0 Å². The zero-order chi connectivity index (χ0) is 14.5. The molecule has 0 aromatic carbocycles. The Labute approximate surface area is 135 Å². The second-order valence-electron chi connectivity index (χ2n) is 7.42. The Morgan fingerprint density at radius 1 is 1.14 bits per heavy atom. The third kappa shape index (κ3) is 3.97. The lowest BCUT2D eigenvalue weighted by atomic mass is 9.75. The van der Waals surface area contributed by atoms with Gasteiger partial charge < -0.3 is 10.1 Å². The predicted molar refractivity (Wildman–Crippen MR) is 92.0 cm³/mol. The molecule has 2 heterocycles. The lowest BCUT2D eigenvalue weighted by Crippen LogP contribution is -2.50. The molecule has 2 unspecified atom stereocenters. The second-order valence-corrected chi connectivity index (χ2v) is 8.65. The summed E-state index contributed by atoms with van der Waals surface area (Å²) in [5.74, 6) is 4.41. The van der Waals surface area contributed by atoms with Crippen molar-refractivity contribution in [1.29, 1.82) is 0 Å². The van der Waals surface area contributed by atoms with Gasteiger partial charge >= 0.3 is 0 Å². The molecule has 1 aliphatic carbocycles. The fourth-order valence-corrected chi connectivity index (χ4v) is 6.05. The largest absolute Gasteiger partial charge is 0.375 e. The molecule has 0 aromatic heterocycles. The molecular formula is C18H33NOS. The zero-order valence-corrected chi connectivity index (χ0v) is 14.6. The Hall–Kier alpha value is 0.270. The van der Waals surface area contributed by atoms with Crippen molar-refractivity contribution < 1.29 is 4.74 Å². The highest BCUT2D eigenvalue weighted by molar-refractivity contribution is 7.99. The summed E-state index contributed by atoms with van der Waals surface area (Å²) in [6, 6.07) is 0.766. The van der Waals surface area contributed by atoms with E-state index in [4.69, 9.17) is 4.74 Å². The van der Waals surface area contributed by atoms with E-state index in [1.165, 1.54) is 75.8 Å². The van der Waals surface area contributed by atoms with Crippen LogP contribution in [0.5, 0.6) is 0 Å². The minimum Gasteiger partial charge on any atom is -0.375 e. The Kier molecular flexibility index (Phi) is 5.92. The van der Waals surface area contributed by atoms with Gasteiger partial charge in [-0.15, -0.1) is 0 Å². The van der Waals surface area contributed by atoms with Crippen LogP contribution >= 0.6 is 11.8 Å². The molecule has 2 saturated heterocycles. The average molecular weight is 312 g/mol. The van der Waals surface area contributed by atoms with Gasteiger partial charge in [0.25, 0.3) is 0 Å². The van der Waals surface area contributed by atoms with Gasteiger partial charge in [-0.05, 0) is 74.8 Å². The Bertz CT molecular complexity index is 305. The fraction of sp³-hybridized carbons (Fsp3) is 1.00. The molecule has 122 valence electrons. The maximum atomic E-state index is 6.31. The van der Waals surface area contributed by atoms with Crippen LogP contribution in [-0.2, 0) is 4.74 Å². The van der Waals surface area contributed by atoms with Gasteiger partial charge in [0.05, 0.1) is 5.60 Å². The van der Waals surface area contributed by atoms with Crippen molar-refractivity contribution in [1.82, 2.24) is 5.32 Å². The van der Waals surface area contributed by atoms with Crippen molar-refractivity contribution in [2.24, 2.45) is 11.8 Å². The van der Waals surface area contributed by atoms with Crippen molar-refractivity contribution in [3.63, 3.8) is 0 Å². The van der Waals surface area contributed by atoms with Crippen molar-refractivity contribution in [3.05, 3.63) is 0 Å². The summed E-state index contributed by atoms with van der Waals surface area (Å²) in [4.78, 5) is 0. The first kappa shape index (κ1) is 16.1. The maximum absolute atomic E-state index is 6.31. The standard InChI is InChI=1S/C18H33NOS/c1-2-10-19-17(15-5-3-4-6-15)16-7-11-20-18(14-16)8-12-21-13-9-18/h15-17,19H,2-14H2,1H3. The fourth-order valence-electron chi connectivity index (χ4n) is 4.81. The van der Waals surface area contributed by atoms with E-state index in [9.17, 15) is 0 Å². The molecule has 3 aliphatic rings. The topological polar surface area (TPSA) is 21.3 Å². The quantitative estimate of drug-likeness (QED) is 0.820. The third-order valence-electron chi connectivity index (χ3n) is 5.98. The highest BCUT2D eigenvalue weighted by Gasteiger charge is 2.42. The summed E-state index contributed by atoms with van der Waals surface area (Å²) in [6.07, 6.45) is 12.3. The number of hydrogen-bond donors (Lipinski definition) is 1. The summed E-state index contributed by atoms with van der Waals surface area (Å²) in [7, 11) is 0. The number of hydrogen-bond acceptors (Lipinski definition) is 3. The predicted octanol–water partition coefficient (Wildman–Crippen LogP) is 4.24. The Morgan fingerprint density at radius 2 is 1.90 bits per heavy atom. The minimum absolute atomic E-state index is 0.249. The molecule has 0 aromatic rings. The van der Waals surface area contributed by atoms with E-state index in [1.54, 1.807) is 0 Å². The molecule has 2 aliphatic heterocycles. The Balaban J connectivity index is 1.65. The zero-order valence-electron chi connectivity index (χ0n) is 13.7. The second kappa shape index (κ2) is 7.70. The summed E-state index contributed by atoms with van der Waals surface area (Å²) < 4.78 is 6.31. The maximum Gasteiger partial charge on any atom is 0.0701 e. The number of nitrogens with one attached hydrogen (secondary N) is 1. The van der Waals surface area contributed by atoms with Crippen LogP contribution in [-0.4, -0.2) is 36.3 Å². The monoisotopic (exact) mass is 311 g/mol. The number of thioether (sulfide) groups is 1. The van der Waals surface area contributed by atoms with E-state index in [0.717, 1.165) is 24.5 Å². The van der Waals surface area contributed by atoms with E-state index >= 15 is 0 Å². The molecular weight excluding hydrogens is 278 g/mol. The molecule has 3 heteroatoms. The molecule has 3 rings (SSSR count). The van der Waals surface area contributed by atoms with E-state index in [2.05, 4.69) is 24.0 Å². The molecule has 0 amide bonds. The summed E-state index contributed by atoms with van der Waals surface area (Å²) in [5, 5.41) is 3.94. The van der Waals surface area contributed by atoms with E-state index in [-0.39, 0.29) is 5.60 Å². The van der Waals surface area contributed by atoms with Crippen LogP contribution in [0.3, 0.4) is 0 Å². The summed E-state index contributed by atoms with van der Waals surface area (Å²) in [6.45, 7) is 4.50. The van der Waals surface area contributed by atoms with Gasteiger partial charge in [0.2, 0.25) is 0 Å². The minimum atomic E-state index is 0.249. The normalized spacial score (nSPS) is 31.6. The van der Waals surface area contributed by atoms with Crippen LogP contribution in [0.1, 0.15) is 64.7 Å².